The molecule has 0 saturated carbocycles. The fourth-order valence-corrected chi connectivity index (χ4v) is 5.19. The molecule has 0 aliphatic carbocycles. The van der Waals surface area contributed by atoms with Gasteiger partial charge < -0.3 is 5.32 Å². The Hall–Kier alpha value is -3.18. The van der Waals surface area contributed by atoms with Gasteiger partial charge in [0.2, 0.25) is 15.9 Å². The minimum Gasteiger partial charge on any atom is -0.349 e. The maximum atomic E-state index is 13.1. The molecular weight excluding hydrogens is 435 g/mol. The number of rotatable bonds is 6. The Bertz CT molecular complexity index is 1160. The lowest BCUT2D eigenvalue weighted by Gasteiger charge is -2.31. The maximum Gasteiger partial charge on any atom is 0.243 e. The first-order valence-electron chi connectivity index (χ1n) is 10.2. The van der Waals surface area contributed by atoms with Crippen molar-refractivity contribution in [2.75, 3.05) is 13.1 Å². The van der Waals surface area contributed by atoms with Gasteiger partial charge in [-0.15, -0.1) is 5.10 Å². The Kier molecular flexibility index (Phi) is 6.28. The third-order valence-corrected chi connectivity index (χ3v) is 7.55. The molecule has 11 heteroatoms. The zero-order valence-corrected chi connectivity index (χ0v) is 18.2. The highest BCUT2D eigenvalue weighted by molar-refractivity contribution is 7.89. The normalized spacial score (nSPS) is 16.6. The Morgan fingerprint density at radius 1 is 1.09 bits per heavy atom. The molecule has 2 heterocycles. The molecule has 4 rings (SSSR count). The fourth-order valence-electron chi connectivity index (χ4n) is 3.72. The topological polar surface area (TPSA) is 110 Å². The van der Waals surface area contributed by atoms with Gasteiger partial charge in [0.1, 0.15) is 12.1 Å². The fraction of sp³-hybridized carbons (Fsp3) is 0.333. The number of amides is 1. The number of tetrazole rings is 1. The predicted octanol–water partition coefficient (Wildman–Crippen LogP) is 2.08. The number of aromatic nitrogens is 4. The highest BCUT2D eigenvalue weighted by atomic mass is 32.2. The lowest BCUT2D eigenvalue weighted by atomic mass is 9.96. The van der Waals surface area contributed by atoms with Crippen molar-refractivity contribution < 1.29 is 17.6 Å². The summed E-state index contributed by atoms with van der Waals surface area (Å²) in [6, 6.07) is 12.1. The van der Waals surface area contributed by atoms with Crippen LogP contribution in [0.2, 0.25) is 0 Å². The molecule has 32 heavy (non-hydrogen) atoms. The summed E-state index contributed by atoms with van der Waals surface area (Å²) in [5, 5.41) is 13.8. The average molecular weight is 459 g/mol. The average Bonchev–Trinajstić information content (AvgIpc) is 3.35. The van der Waals surface area contributed by atoms with Crippen molar-refractivity contribution in [2.45, 2.75) is 30.7 Å². The van der Waals surface area contributed by atoms with Gasteiger partial charge in [0.15, 0.2) is 0 Å². The van der Waals surface area contributed by atoms with E-state index in [-0.39, 0.29) is 41.7 Å². The van der Waals surface area contributed by atoms with Crippen LogP contribution in [-0.4, -0.2) is 51.9 Å². The summed E-state index contributed by atoms with van der Waals surface area (Å²) in [5.74, 6) is -0.720. The minimum atomic E-state index is -3.66. The second-order valence-electron chi connectivity index (χ2n) is 7.71. The van der Waals surface area contributed by atoms with E-state index in [4.69, 9.17) is 0 Å². The van der Waals surface area contributed by atoms with Crippen molar-refractivity contribution in [2.24, 2.45) is 5.92 Å². The van der Waals surface area contributed by atoms with Gasteiger partial charge >= 0.3 is 0 Å². The van der Waals surface area contributed by atoms with Crippen LogP contribution in [0.25, 0.3) is 5.69 Å². The van der Waals surface area contributed by atoms with Crippen LogP contribution >= 0.6 is 0 Å². The Balaban J connectivity index is 1.35. The molecule has 0 radical (unpaired) electrons. The van der Waals surface area contributed by atoms with E-state index in [1.165, 1.54) is 39.6 Å². The Morgan fingerprint density at radius 3 is 2.34 bits per heavy atom. The monoisotopic (exact) mass is 458 g/mol. The Labute approximate surface area is 185 Å². The molecule has 1 amide bonds. The van der Waals surface area contributed by atoms with Crippen LogP contribution in [0.1, 0.15) is 31.4 Å². The minimum absolute atomic E-state index is 0.121. The molecular formula is C21H23FN6O3S. The number of carbonyl (C=O) groups excluding carboxylic acids is 1. The van der Waals surface area contributed by atoms with Crippen LogP contribution in [0.5, 0.6) is 0 Å². The Morgan fingerprint density at radius 2 is 1.75 bits per heavy atom. The molecule has 2 aromatic carbocycles. The number of piperidine rings is 1. The first-order chi connectivity index (χ1) is 15.3. The van der Waals surface area contributed by atoms with Crippen molar-refractivity contribution in [3.05, 3.63) is 66.2 Å². The second kappa shape index (κ2) is 9.13. The van der Waals surface area contributed by atoms with E-state index in [1.807, 2.05) is 6.92 Å². The van der Waals surface area contributed by atoms with Gasteiger partial charge in [0.05, 0.1) is 16.6 Å². The molecule has 168 valence electrons. The van der Waals surface area contributed by atoms with Crippen molar-refractivity contribution in [3.63, 3.8) is 0 Å². The lowest BCUT2D eigenvalue weighted by molar-refractivity contribution is -0.126. The lowest BCUT2D eigenvalue weighted by Crippen LogP contribution is -2.43. The number of nitrogens with one attached hydrogen (secondary N) is 1. The van der Waals surface area contributed by atoms with Crippen LogP contribution < -0.4 is 5.32 Å². The molecule has 0 spiro atoms. The molecule has 9 nitrogen and oxygen atoms in total. The molecule has 1 aliphatic heterocycles. The van der Waals surface area contributed by atoms with Gasteiger partial charge in [0.25, 0.3) is 0 Å². The number of hydrogen-bond acceptors (Lipinski definition) is 6. The van der Waals surface area contributed by atoms with E-state index in [0.29, 0.717) is 18.5 Å². The number of hydrogen-bond donors (Lipinski definition) is 1. The van der Waals surface area contributed by atoms with Crippen LogP contribution in [0.15, 0.2) is 59.8 Å². The number of sulfonamides is 1. The van der Waals surface area contributed by atoms with E-state index in [2.05, 4.69) is 20.8 Å². The molecule has 1 N–H and O–H groups in total. The van der Waals surface area contributed by atoms with Crippen molar-refractivity contribution >= 4 is 15.9 Å². The van der Waals surface area contributed by atoms with Gasteiger partial charge in [-0.05, 0) is 72.2 Å². The first kappa shape index (κ1) is 22.0. The van der Waals surface area contributed by atoms with Gasteiger partial charge in [0, 0.05) is 19.0 Å². The van der Waals surface area contributed by atoms with Crippen molar-refractivity contribution in [1.82, 2.24) is 29.8 Å². The largest absolute Gasteiger partial charge is 0.349 e. The van der Waals surface area contributed by atoms with Gasteiger partial charge in [-0.3, -0.25) is 4.79 Å². The van der Waals surface area contributed by atoms with Gasteiger partial charge in [-0.25, -0.2) is 17.5 Å². The molecule has 1 aliphatic rings. The number of nitrogens with zero attached hydrogens (tertiary/aromatic N) is 5. The molecule has 1 fully saturated rings. The zero-order valence-electron chi connectivity index (χ0n) is 17.4. The molecule has 3 aromatic rings. The summed E-state index contributed by atoms with van der Waals surface area (Å²) in [7, 11) is -3.66. The number of carbonyl (C=O) groups is 1. The van der Waals surface area contributed by atoms with Gasteiger partial charge in [-0.1, -0.05) is 12.1 Å². The standard InChI is InChI=1S/C21H23FN6O3S/c1-15(16-2-4-18(22)5-3-16)24-21(29)17-10-12-27(13-11-17)32(30,31)20-8-6-19(7-9-20)28-14-23-25-26-28/h2-9,14-15,17H,10-13H2,1H3,(H,24,29). The van der Waals surface area contributed by atoms with Crippen LogP contribution in [0, 0.1) is 11.7 Å². The summed E-state index contributed by atoms with van der Waals surface area (Å²) in [4.78, 5) is 12.8. The highest BCUT2D eigenvalue weighted by Gasteiger charge is 2.32. The molecule has 1 saturated heterocycles. The third kappa shape index (κ3) is 4.68. The molecule has 1 unspecified atom stereocenters. The molecule has 1 atom stereocenters. The van der Waals surface area contributed by atoms with E-state index >= 15 is 0 Å². The predicted molar refractivity (Wildman–Crippen MR) is 114 cm³/mol. The van der Waals surface area contributed by atoms with E-state index in [0.717, 1.165) is 5.56 Å². The summed E-state index contributed by atoms with van der Waals surface area (Å²) >= 11 is 0. The smallest absolute Gasteiger partial charge is 0.243 e. The van der Waals surface area contributed by atoms with Crippen LogP contribution in [0.3, 0.4) is 0 Å². The van der Waals surface area contributed by atoms with E-state index < -0.39 is 10.0 Å². The summed E-state index contributed by atoms with van der Waals surface area (Å²) in [6.45, 7) is 2.37. The maximum absolute atomic E-state index is 13.1. The molecule has 0 bridgehead atoms. The number of benzene rings is 2. The van der Waals surface area contributed by atoms with Crippen molar-refractivity contribution in [3.8, 4) is 5.69 Å². The van der Waals surface area contributed by atoms with Gasteiger partial charge in [-0.2, -0.15) is 4.31 Å². The number of halogens is 1. The quantitative estimate of drug-likeness (QED) is 0.606. The van der Waals surface area contributed by atoms with E-state index in [9.17, 15) is 17.6 Å². The zero-order chi connectivity index (χ0) is 22.7. The highest BCUT2D eigenvalue weighted by Crippen LogP contribution is 2.25. The summed E-state index contributed by atoms with van der Waals surface area (Å²) in [5.41, 5.74) is 1.46. The van der Waals surface area contributed by atoms with Crippen molar-refractivity contribution in [1.29, 1.82) is 0 Å². The first-order valence-corrected chi connectivity index (χ1v) is 11.7. The van der Waals surface area contributed by atoms with E-state index in [1.54, 1.807) is 24.3 Å². The third-order valence-electron chi connectivity index (χ3n) is 5.64. The summed E-state index contributed by atoms with van der Waals surface area (Å²) in [6.07, 6.45) is 2.30. The van der Waals surface area contributed by atoms with Crippen LogP contribution in [0.4, 0.5) is 4.39 Å². The van der Waals surface area contributed by atoms with Crippen LogP contribution in [-0.2, 0) is 14.8 Å². The SMILES string of the molecule is CC(NC(=O)C1CCN(S(=O)(=O)c2ccc(-n3cnnn3)cc2)CC1)c1ccc(F)cc1. The summed E-state index contributed by atoms with van der Waals surface area (Å²) < 4.78 is 41.9. The molecule has 1 aromatic heterocycles. The second-order valence-corrected chi connectivity index (χ2v) is 9.65.